The monoisotopic (exact) mass is 604 g/mol. The van der Waals surface area contributed by atoms with E-state index in [9.17, 15) is 4.79 Å². The maximum atomic E-state index is 12.5. The molecule has 2 nitrogen and oxygen atoms in total. The molecule has 4 spiro atoms. The van der Waals surface area contributed by atoms with Crippen molar-refractivity contribution in [1.82, 2.24) is 5.32 Å². The van der Waals surface area contributed by atoms with Crippen molar-refractivity contribution in [2.24, 2.45) is 33.5 Å². The van der Waals surface area contributed by atoms with E-state index >= 15 is 0 Å². The number of terminal acetylenes is 1. The van der Waals surface area contributed by atoms with Gasteiger partial charge in [-0.05, 0) is 136 Å². The number of hydrogen-bond acceptors (Lipinski definition) is 1. The fourth-order valence-corrected chi connectivity index (χ4v) is 12.8. The fourth-order valence-electron chi connectivity index (χ4n) is 12.8. The first-order valence-electron chi connectivity index (χ1n) is 20.2. The van der Waals surface area contributed by atoms with E-state index in [0.717, 1.165) is 17.3 Å². The lowest BCUT2D eigenvalue weighted by molar-refractivity contribution is -0.121. The van der Waals surface area contributed by atoms with Crippen LogP contribution in [0.3, 0.4) is 0 Å². The molecule has 6 fully saturated rings. The molecule has 0 aromatic heterocycles. The minimum atomic E-state index is 0.195. The second-order valence-corrected chi connectivity index (χ2v) is 17.8. The summed E-state index contributed by atoms with van der Waals surface area (Å²) in [5.74, 6) is 4.48. The predicted molar refractivity (Wildman–Crippen MR) is 185 cm³/mol. The van der Waals surface area contributed by atoms with Gasteiger partial charge < -0.3 is 5.32 Å². The summed E-state index contributed by atoms with van der Waals surface area (Å²) < 4.78 is 0. The largest absolute Gasteiger partial charge is 0.353 e. The van der Waals surface area contributed by atoms with Gasteiger partial charge in [0.05, 0.1) is 0 Å². The van der Waals surface area contributed by atoms with Crippen molar-refractivity contribution in [1.29, 1.82) is 0 Å². The molecule has 248 valence electrons. The summed E-state index contributed by atoms with van der Waals surface area (Å²) in [5.41, 5.74) is 2.54. The average molecular weight is 604 g/mol. The van der Waals surface area contributed by atoms with Crippen LogP contribution >= 0.6 is 0 Å². The Hall–Kier alpha value is -0.970. The van der Waals surface area contributed by atoms with Gasteiger partial charge in [0.25, 0.3) is 0 Å². The van der Waals surface area contributed by atoms with Crippen LogP contribution in [0.2, 0.25) is 0 Å². The minimum Gasteiger partial charge on any atom is -0.353 e. The molecule has 6 atom stereocenters. The Balaban J connectivity index is 1.10. The van der Waals surface area contributed by atoms with Gasteiger partial charge in [-0.1, -0.05) is 89.9 Å². The Morgan fingerprint density at radius 2 is 1.00 bits per heavy atom. The van der Waals surface area contributed by atoms with Crippen LogP contribution in [0, 0.1) is 45.8 Å². The van der Waals surface area contributed by atoms with Crippen LogP contribution < -0.4 is 5.32 Å². The van der Waals surface area contributed by atoms with E-state index in [0.29, 0.717) is 35.1 Å². The van der Waals surface area contributed by atoms with Crippen LogP contribution in [-0.2, 0) is 4.79 Å². The first-order valence-corrected chi connectivity index (χ1v) is 20.2. The van der Waals surface area contributed by atoms with E-state index in [1.807, 2.05) is 0 Å². The van der Waals surface area contributed by atoms with Crippen LogP contribution in [0.25, 0.3) is 0 Å². The Morgan fingerprint density at radius 1 is 0.545 bits per heavy atom. The topological polar surface area (TPSA) is 29.1 Å². The predicted octanol–water partition coefficient (Wildman–Crippen LogP) is 11.8. The minimum absolute atomic E-state index is 0.195. The first kappa shape index (κ1) is 33.0. The van der Waals surface area contributed by atoms with Crippen LogP contribution in [-0.4, -0.2) is 11.9 Å². The standard InChI is InChI=1S/C42H69NO/c1-2-3-19-37(44)43-36-20-32-42-31-17-30-41(27-15-18-35(42)38(36)42)24-10-6-4-5-9-23-40(33-34-41)26-14-13-25-39(28-16-29-40)21-11-7-8-12-22-39/h1,35-36,38H,3-34H2,(H,43,44). The third-order valence-electron chi connectivity index (χ3n) is 15.3. The van der Waals surface area contributed by atoms with Gasteiger partial charge in [0, 0.05) is 18.9 Å². The Morgan fingerprint density at radius 3 is 1.57 bits per heavy atom. The molecule has 44 heavy (non-hydrogen) atoms. The maximum absolute atomic E-state index is 12.5. The Kier molecular flexibility index (Phi) is 11.1. The molecule has 0 radical (unpaired) electrons. The molecule has 0 aromatic carbocycles. The van der Waals surface area contributed by atoms with E-state index < -0.39 is 0 Å². The van der Waals surface area contributed by atoms with Crippen molar-refractivity contribution in [3.05, 3.63) is 0 Å². The zero-order valence-electron chi connectivity index (χ0n) is 28.8. The highest BCUT2D eigenvalue weighted by atomic mass is 16.1. The quantitative estimate of drug-likeness (QED) is 0.319. The zero-order valence-corrected chi connectivity index (χ0v) is 28.8. The van der Waals surface area contributed by atoms with Crippen molar-refractivity contribution >= 4 is 5.91 Å². The van der Waals surface area contributed by atoms with Crippen LogP contribution in [0.1, 0.15) is 205 Å². The fraction of sp³-hybridized carbons (Fsp3) is 0.929. The van der Waals surface area contributed by atoms with Gasteiger partial charge in [-0.2, -0.15) is 0 Å². The summed E-state index contributed by atoms with van der Waals surface area (Å²) >= 11 is 0. The number of nitrogens with one attached hydrogen (secondary N) is 1. The van der Waals surface area contributed by atoms with Gasteiger partial charge in [0.1, 0.15) is 0 Å². The van der Waals surface area contributed by atoms with E-state index in [-0.39, 0.29) is 5.91 Å². The first-order chi connectivity index (χ1) is 21.5. The van der Waals surface area contributed by atoms with E-state index in [1.165, 1.54) is 148 Å². The molecule has 6 rings (SSSR count). The van der Waals surface area contributed by atoms with Gasteiger partial charge in [0.15, 0.2) is 0 Å². The van der Waals surface area contributed by atoms with E-state index in [4.69, 9.17) is 6.42 Å². The number of amides is 1. The summed E-state index contributed by atoms with van der Waals surface area (Å²) in [7, 11) is 0. The third-order valence-corrected chi connectivity index (χ3v) is 15.3. The van der Waals surface area contributed by atoms with E-state index in [1.54, 1.807) is 44.9 Å². The smallest absolute Gasteiger partial charge is 0.221 e. The molecular formula is C42H69NO. The maximum Gasteiger partial charge on any atom is 0.221 e. The molecule has 0 saturated heterocycles. The Bertz CT molecular complexity index is 971. The number of carbonyl (C=O) groups is 1. The summed E-state index contributed by atoms with van der Waals surface area (Å²) in [6, 6.07) is 0.427. The number of fused-ring (bicyclic) bond motifs is 1. The van der Waals surface area contributed by atoms with Crippen molar-refractivity contribution < 1.29 is 4.79 Å². The highest BCUT2D eigenvalue weighted by Gasteiger charge is 2.69. The molecule has 1 amide bonds. The molecule has 1 N–H and O–H groups in total. The molecule has 6 aliphatic carbocycles. The molecule has 6 saturated carbocycles. The normalized spacial score (nSPS) is 40.3. The molecule has 2 heteroatoms. The summed E-state index contributed by atoms with van der Waals surface area (Å²) in [5, 5.41) is 3.44. The number of rotatable bonds is 3. The lowest BCUT2D eigenvalue weighted by atomic mass is 9.64. The van der Waals surface area contributed by atoms with Crippen molar-refractivity contribution in [2.75, 3.05) is 0 Å². The van der Waals surface area contributed by atoms with Crippen molar-refractivity contribution in [3.8, 4) is 12.3 Å². The molecule has 6 unspecified atom stereocenters. The van der Waals surface area contributed by atoms with Crippen LogP contribution in [0.15, 0.2) is 0 Å². The van der Waals surface area contributed by atoms with Gasteiger partial charge in [-0.3, -0.25) is 4.79 Å². The van der Waals surface area contributed by atoms with Gasteiger partial charge in [-0.15, -0.1) is 12.3 Å². The van der Waals surface area contributed by atoms with Crippen LogP contribution in [0.4, 0.5) is 0 Å². The summed E-state index contributed by atoms with van der Waals surface area (Å²) in [6.45, 7) is 0. The molecule has 0 aliphatic heterocycles. The van der Waals surface area contributed by atoms with Gasteiger partial charge >= 0.3 is 0 Å². The van der Waals surface area contributed by atoms with Gasteiger partial charge in [0.2, 0.25) is 5.91 Å². The second-order valence-electron chi connectivity index (χ2n) is 17.8. The van der Waals surface area contributed by atoms with Crippen molar-refractivity contribution in [2.45, 2.75) is 212 Å². The zero-order chi connectivity index (χ0) is 30.4. The van der Waals surface area contributed by atoms with Crippen LogP contribution in [0.5, 0.6) is 0 Å². The van der Waals surface area contributed by atoms with Gasteiger partial charge in [-0.25, -0.2) is 0 Å². The van der Waals surface area contributed by atoms with E-state index in [2.05, 4.69) is 11.2 Å². The summed E-state index contributed by atoms with van der Waals surface area (Å²) in [4.78, 5) is 12.5. The Labute approximate surface area is 272 Å². The highest BCUT2D eigenvalue weighted by Crippen LogP contribution is 2.73. The number of carbonyl (C=O) groups excluding carboxylic acids is 1. The molecule has 0 aromatic rings. The third kappa shape index (κ3) is 7.60. The summed E-state index contributed by atoms with van der Waals surface area (Å²) in [6.07, 6.45) is 51.2. The highest BCUT2D eigenvalue weighted by molar-refractivity contribution is 5.76. The second kappa shape index (κ2) is 14.8. The average Bonchev–Trinajstić information content (AvgIpc) is 3.55. The van der Waals surface area contributed by atoms with Crippen molar-refractivity contribution in [3.63, 3.8) is 0 Å². The molecule has 0 heterocycles. The molecule has 6 aliphatic rings. The molecular weight excluding hydrogens is 534 g/mol. The lowest BCUT2D eigenvalue weighted by Crippen LogP contribution is -2.35. The number of hydrogen-bond donors (Lipinski definition) is 1. The lowest BCUT2D eigenvalue weighted by Gasteiger charge is -2.41. The SMILES string of the molecule is C#CCCC(=O)NC1CCC23CCCC4(CCCCCCCC5(CCCCC6(CCCCCC6)CCC5)CC4)CCCC2C13. The molecule has 0 bridgehead atoms.